The molecule has 0 aliphatic heterocycles. The summed E-state index contributed by atoms with van der Waals surface area (Å²) in [7, 11) is 0. The lowest BCUT2D eigenvalue weighted by Gasteiger charge is -2.54. The van der Waals surface area contributed by atoms with E-state index in [0.717, 1.165) is 23.7 Å². The highest BCUT2D eigenvalue weighted by atomic mass is 15.3. The molecule has 0 aromatic carbocycles. The molecule has 84 valence electrons. The maximum absolute atomic E-state index is 4.26. The summed E-state index contributed by atoms with van der Waals surface area (Å²) in [5.74, 6) is 4.56. The van der Waals surface area contributed by atoms with E-state index in [1.165, 1.54) is 37.8 Å². The van der Waals surface area contributed by atoms with E-state index in [9.17, 15) is 0 Å². The van der Waals surface area contributed by atoms with E-state index in [0.29, 0.717) is 5.92 Å². The molecule has 1 aromatic rings. The fourth-order valence-corrected chi connectivity index (χ4v) is 4.84. The Morgan fingerprint density at radius 1 is 0.938 bits per heavy atom. The van der Waals surface area contributed by atoms with E-state index >= 15 is 0 Å². The summed E-state index contributed by atoms with van der Waals surface area (Å²) in [6.07, 6.45) is 9.10. The molecule has 4 saturated carbocycles. The quantitative estimate of drug-likeness (QED) is 0.722. The summed E-state index contributed by atoms with van der Waals surface area (Å²) < 4.78 is 0. The van der Waals surface area contributed by atoms with Crippen LogP contribution in [-0.2, 0) is 0 Å². The van der Waals surface area contributed by atoms with Crippen LogP contribution in [0.2, 0.25) is 0 Å². The fraction of sp³-hybridized carbons (Fsp3) is 0.769. The summed E-state index contributed by atoms with van der Waals surface area (Å²) in [5, 5.41) is 11.9. The first-order valence-corrected chi connectivity index (χ1v) is 6.54. The third kappa shape index (κ3) is 1.23. The molecule has 0 atom stereocenters. The van der Waals surface area contributed by atoms with Crippen molar-refractivity contribution in [2.45, 2.75) is 38.0 Å². The molecule has 1 heterocycles. The zero-order chi connectivity index (χ0) is 10.5. The molecule has 0 unspecified atom stereocenters. The van der Waals surface area contributed by atoms with Gasteiger partial charge in [0.05, 0.1) is 11.9 Å². The Hall–Kier alpha value is -0.990. The Labute approximate surface area is 95.7 Å². The van der Waals surface area contributed by atoms with Gasteiger partial charge in [0.1, 0.15) is 0 Å². The van der Waals surface area contributed by atoms with Gasteiger partial charge in [0.2, 0.25) is 0 Å². The average molecular weight is 215 g/mol. The summed E-state index contributed by atoms with van der Waals surface area (Å²) in [5.41, 5.74) is 1.21. The lowest BCUT2D eigenvalue weighted by atomic mass is 9.51. The van der Waals surface area contributed by atoms with Crippen LogP contribution in [0.15, 0.2) is 12.3 Å². The van der Waals surface area contributed by atoms with E-state index in [1.807, 2.05) is 0 Å². The molecule has 0 N–H and O–H groups in total. The molecule has 3 nitrogen and oxygen atoms in total. The van der Waals surface area contributed by atoms with Crippen molar-refractivity contribution in [1.82, 2.24) is 15.4 Å². The van der Waals surface area contributed by atoms with Crippen LogP contribution in [-0.4, -0.2) is 15.4 Å². The van der Waals surface area contributed by atoms with E-state index < -0.39 is 0 Å². The molecule has 16 heavy (non-hydrogen) atoms. The lowest BCUT2D eigenvalue weighted by Crippen LogP contribution is -2.44. The third-order valence-corrected chi connectivity index (χ3v) is 5.09. The normalized spacial score (nSPS) is 44.9. The maximum Gasteiger partial charge on any atom is 0.0701 e. The van der Waals surface area contributed by atoms with Gasteiger partial charge in [-0.2, -0.15) is 0 Å². The molecule has 1 aromatic heterocycles. The lowest BCUT2D eigenvalue weighted by molar-refractivity contribution is -0.00452. The molecular formula is C13H17N3. The maximum atomic E-state index is 4.26. The van der Waals surface area contributed by atoms with Crippen molar-refractivity contribution in [1.29, 1.82) is 0 Å². The van der Waals surface area contributed by atoms with Gasteiger partial charge in [0.25, 0.3) is 0 Å². The predicted molar refractivity (Wildman–Crippen MR) is 59.6 cm³/mol. The second-order valence-electron chi connectivity index (χ2n) is 6.00. The summed E-state index contributed by atoms with van der Waals surface area (Å²) in [4.78, 5) is 0. The molecule has 0 amide bonds. The van der Waals surface area contributed by atoms with Gasteiger partial charge in [-0.05, 0) is 67.1 Å². The van der Waals surface area contributed by atoms with Gasteiger partial charge in [-0.25, -0.2) is 0 Å². The molecule has 4 bridgehead atoms. The van der Waals surface area contributed by atoms with E-state index in [-0.39, 0.29) is 0 Å². The standard InChI is InChI=1S/C13H17N3/c1-2-14-16-15-12(1)13-10-4-8-3-9(6-10)7-11(13)5-8/h1-2,8-11,13H,3-7H2. The van der Waals surface area contributed by atoms with Gasteiger partial charge in [0.15, 0.2) is 0 Å². The van der Waals surface area contributed by atoms with Crippen molar-refractivity contribution in [2.75, 3.05) is 0 Å². The van der Waals surface area contributed by atoms with Gasteiger partial charge < -0.3 is 0 Å². The summed E-state index contributed by atoms with van der Waals surface area (Å²) in [6.45, 7) is 0. The van der Waals surface area contributed by atoms with Gasteiger partial charge in [0, 0.05) is 5.92 Å². The van der Waals surface area contributed by atoms with Crippen molar-refractivity contribution >= 4 is 0 Å². The first-order chi connectivity index (χ1) is 7.90. The van der Waals surface area contributed by atoms with Crippen LogP contribution in [0.5, 0.6) is 0 Å². The van der Waals surface area contributed by atoms with Crippen LogP contribution >= 0.6 is 0 Å². The smallest absolute Gasteiger partial charge is 0.0701 e. The van der Waals surface area contributed by atoms with Crippen LogP contribution in [0.4, 0.5) is 0 Å². The van der Waals surface area contributed by atoms with Gasteiger partial charge >= 0.3 is 0 Å². The Morgan fingerprint density at radius 2 is 1.62 bits per heavy atom. The Kier molecular flexibility index (Phi) is 1.85. The molecule has 0 radical (unpaired) electrons. The van der Waals surface area contributed by atoms with Crippen molar-refractivity contribution in [3.8, 4) is 0 Å². The average Bonchev–Trinajstić information content (AvgIpc) is 2.29. The highest BCUT2D eigenvalue weighted by Crippen LogP contribution is 2.59. The van der Waals surface area contributed by atoms with Crippen molar-refractivity contribution < 1.29 is 0 Å². The van der Waals surface area contributed by atoms with E-state index in [1.54, 1.807) is 6.20 Å². The minimum absolute atomic E-state index is 0.697. The van der Waals surface area contributed by atoms with Gasteiger partial charge in [-0.3, -0.25) is 0 Å². The molecule has 0 saturated heterocycles. The van der Waals surface area contributed by atoms with E-state index in [2.05, 4.69) is 21.5 Å². The molecule has 4 aliphatic rings. The van der Waals surface area contributed by atoms with Crippen LogP contribution in [0, 0.1) is 23.7 Å². The van der Waals surface area contributed by atoms with E-state index in [4.69, 9.17) is 0 Å². The molecule has 5 rings (SSSR count). The SMILES string of the molecule is c1cc(C2C3CC4CC(C3)CC2C4)nnn1. The minimum atomic E-state index is 0.697. The van der Waals surface area contributed by atoms with Crippen LogP contribution < -0.4 is 0 Å². The third-order valence-electron chi connectivity index (χ3n) is 5.09. The number of rotatable bonds is 1. The van der Waals surface area contributed by atoms with Crippen molar-refractivity contribution in [3.05, 3.63) is 18.0 Å². The first-order valence-electron chi connectivity index (χ1n) is 6.54. The largest absolute Gasteiger partial charge is 0.139 e. The molecule has 0 spiro atoms. The number of hydrogen-bond acceptors (Lipinski definition) is 3. The minimum Gasteiger partial charge on any atom is -0.139 e. The zero-order valence-electron chi connectivity index (χ0n) is 9.42. The summed E-state index contributed by atoms with van der Waals surface area (Å²) in [6, 6.07) is 2.08. The zero-order valence-corrected chi connectivity index (χ0v) is 9.42. The Balaban J connectivity index is 1.70. The van der Waals surface area contributed by atoms with Crippen molar-refractivity contribution in [2.24, 2.45) is 23.7 Å². The number of nitrogens with zero attached hydrogens (tertiary/aromatic N) is 3. The Morgan fingerprint density at radius 3 is 2.19 bits per heavy atom. The van der Waals surface area contributed by atoms with Crippen LogP contribution in [0.3, 0.4) is 0 Å². The fourth-order valence-electron chi connectivity index (χ4n) is 4.84. The number of aromatic nitrogens is 3. The van der Waals surface area contributed by atoms with Crippen molar-refractivity contribution in [3.63, 3.8) is 0 Å². The molecular weight excluding hydrogens is 198 g/mol. The van der Waals surface area contributed by atoms with Gasteiger partial charge in [-0.15, -0.1) is 10.2 Å². The highest BCUT2D eigenvalue weighted by molar-refractivity contribution is 5.14. The predicted octanol–water partition coefficient (Wildman–Crippen LogP) is 2.41. The molecule has 3 heteroatoms. The monoisotopic (exact) mass is 215 g/mol. The second-order valence-corrected chi connectivity index (χ2v) is 6.00. The topological polar surface area (TPSA) is 38.7 Å². The van der Waals surface area contributed by atoms with Crippen LogP contribution in [0.1, 0.15) is 43.7 Å². The highest BCUT2D eigenvalue weighted by Gasteiger charge is 2.49. The molecule has 4 fully saturated rings. The Bertz CT molecular complexity index is 361. The molecule has 4 aliphatic carbocycles. The van der Waals surface area contributed by atoms with Crippen LogP contribution in [0.25, 0.3) is 0 Å². The number of hydrogen-bond donors (Lipinski definition) is 0. The first kappa shape index (κ1) is 9.08. The summed E-state index contributed by atoms with van der Waals surface area (Å²) >= 11 is 0. The van der Waals surface area contributed by atoms with Gasteiger partial charge in [-0.1, -0.05) is 0 Å². The second kappa shape index (κ2) is 3.25.